The van der Waals surface area contributed by atoms with Gasteiger partial charge in [0.1, 0.15) is 0 Å². The minimum atomic E-state index is 0.790. The average molecular weight is 379 g/mol. The molecule has 162 valence electrons. The van der Waals surface area contributed by atoms with Crippen molar-refractivity contribution in [3.05, 3.63) is 12.2 Å². The van der Waals surface area contributed by atoms with Crippen molar-refractivity contribution in [2.45, 2.75) is 156 Å². The van der Waals surface area contributed by atoms with Crippen LogP contribution in [0.25, 0.3) is 0 Å². The predicted octanol–water partition coefficient (Wildman–Crippen LogP) is 10.4. The van der Waals surface area contributed by atoms with E-state index in [1.165, 1.54) is 135 Å². The van der Waals surface area contributed by atoms with E-state index < -0.39 is 0 Å². The van der Waals surface area contributed by atoms with E-state index in [0.717, 1.165) is 5.92 Å². The Kier molecular flexibility index (Phi) is 23.5. The molecule has 0 aromatic carbocycles. The van der Waals surface area contributed by atoms with Crippen LogP contribution >= 0.6 is 0 Å². The van der Waals surface area contributed by atoms with Crippen LogP contribution in [-0.4, -0.2) is 0 Å². The van der Waals surface area contributed by atoms with E-state index in [0.29, 0.717) is 0 Å². The topological polar surface area (TPSA) is 0 Å². The van der Waals surface area contributed by atoms with E-state index in [4.69, 9.17) is 0 Å². The average Bonchev–Trinajstić information content (AvgIpc) is 2.67. The molecule has 0 aliphatic heterocycles. The molecule has 0 rings (SSSR count). The minimum Gasteiger partial charge on any atom is -0.0883 e. The second-order valence-electron chi connectivity index (χ2n) is 8.99. The molecule has 0 bridgehead atoms. The summed E-state index contributed by atoms with van der Waals surface area (Å²) in [6, 6.07) is 0. The normalized spacial score (nSPS) is 12.9. The van der Waals surface area contributed by atoms with Crippen molar-refractivity contribution in [2.75, 3.05) is 0 Å². The van der Waals surface area contributed by atoms with Gasteiger partial charge < -0.3 is 0 Å². The Labute approximate surface area is 174 Å². The van der Waals surface area contributed by atoms with Crippen LogP contribution in [0.5, 0.6) is 0 Å². The van der Waals surface area contributed by atoms with E-state index in [2.05, 4.69) is 32.9 Å². The zero-order chi connectivity index (χ0) is 19.8. The smallest absolute Gasteiger partial charge is 0.0262 e. The molecule has 1 unspecified atom stereocenters. The molecular formula is C27H54. The molecule has 0 amide bonds. The van der Waals surface area contributed by atoms with Crippen LogP contribution in [0.1, 0.15) is 156 Å². The lowest BCUT2D eigenvalue weighted by atomic mass is 10.0. The van der Waals surface area contributed by atoms with Crippen molar-refractivity contribution in [1.29, 1.82) is 0 Å². The van der Waals surface area contributed by atoms with Crippen LogP contribution in [0.2, 0.25) is 0 Å². The fourth-order valence-corrected chi connectivity index (χ4v) is 3.95. The molecule has 0 heterocycles. The van der Waals surface area contributed by atoms with Crippen LogP contribution in [-0.2, 0) is 0 Å². The first-order valence-electron chi connectivity index (χ1n) is 13.0. The van der Waals surface area contributed by atoms with Gasteiger partial charge in [-0.05, 0) is 25.2 Å². The summed E-state index contributed by atoms with van der Waals surface area (Å²) in [6.07, 6.45) is 35.0. The molecule has 0 N–H and O–H groups in total. The molecule has 0 aliphatic rings. The third kappa shape index (κ3) is 23.7. The molecule has 0 aliphatic carbocycles. The van der Waals surface area contributed by atoms with Crippen LogP contribution in [0.15, 0.2) is 12.2 Å². The van der Waals surface area contributed by atoms with Crippen LogP contribution in [0.3, 0.4) is 0 Å². The highest BCUT2D eigenvalue weighted by Crippen LogP contribution is 2.15. The van der Waals surface area contributed by atoms with Gasteiger partial charge in [-0.3, -0.25) is 0 Å². The first-order chi connectivity index (χ1) is 13.3. The Morgan fingerprint density at radius 3 is 1.30 bits per heavy atom. The first kappa shape index (κ1) is 26.7. The fraction of sp³-hybridized carbons (Fsp3) is 0.926. The summed E-state index contributed by atoms with van der Waals surface area (Å²) in [4.78, 5) is 0. The lowest BCUT2D eigenvalue weighted by Gasteiger charge is -2.06. The van der Waals surface area contributed by atoms with Gasteiger partial charge in [0.15, 0.2) is 0 Å². The van der Waals surface area contributed by atoms with Crippen molar-refractivity contribution >= 4 is 0 Å². The summed E-state index contributed by atoms with van der Waals surface area (Å²) in [6.45, 7) is 6.99. The molecule has 0 nitrogen and oxygen atoms in total. The maximum Gasteiger partial charge on any atom is -0.0262 e. The third-order valence-electron chi connectivity index (χ3n) is 5.95. The van der Waals surface area contributed by atoms with Gasteiger partial charge in [-0.25, -0.2) is 0 Å². The molecule has 0 aromatic heterocycles. The van der Waals surface area contributed by atoms with Crippen molar-refractivity contribution in [2.24, 2.45) is 5.92 Å². The Balaban J connectivity index is 3.20. The molecule has 0 spiro atoms. The summed E-state index contributed by atoms with van der Waals surface area (Å²) < 4.78 is 0. The van der Waals surface area contributed by atoms with Gasteiger partial charge in [-0.15, -0.1) is 0 Å². The maximum atomic E-state index is 2.48. The largest absolute Gasteiger partial charge is 0.0883 e. The molecule has 0 saturated carbocycles. The summed E-state index contributed by atoms with van der Waals surface area (Å²) in [5, 5.41) is 0. The Morgan fingerprint density at radius 2 is 0.852 bits per heavy atom. The maximum absolute atomic E-state index is 2.48. The number of hydrogen-bond donors (Lipinski definition) is 0. The molecule has 0 radical (unpaired) electrons. The molecular weight excluding hydrogens is 324 g/mol. The van der Waals surface area contributed by atoms with Gasteiger partial charge in [0, 0.05) is 0 Å². The van der Waals surface area contributed by atoms with Crippen LogP contribution < -0.4 is 0 Å². The Hall–Kier alpha value is -0.260. The van der Waals surface area contributed by atoms with E-state index in [1.807, 2.05) is 0 Å². The number of allylic oxidation sites excluding steroid dienone is 2. The number of hydrogen-bond acceptors (Lipinski definition) is 0. The molecule has 0 aromatic rings. The van der Waals surface area contributed by atoms with E-state index in [9.17, 15) is 0 Å². The number of unbranched alkanes of at least 4 members (excludes halogenated alkanes) is 18. The zero-order valence-corrected chi connectivity index (χ0v) is 19.6. The monoisotopic (exact) mass is 378 g/mol. The highest BCUT2D eigenvalue weighted by molar-refractivity contribution is 4.86. The van der Waals surface area contributed by atoms with E-state index >= 15 is 0 Å². The summed E-state index contributed by atoms with van der Waals surface area (Å²) in [5.74, 6) is 0.790. The van der Waals surface area contributed by atoms with Gasteiger partial charge in [0.2, 0.25) is 0 Å². The lowest BCUT2D eigenvalue weighted by molar-refractivity contribution is 0.535. The van der Waals surface area contributed by atoms with E-state index in [1.54, 1.807) is 0 Å². The Morgan fingerprint density at radius 1 is 0.481 bits per heavy atom. The van der Waals surface area contributed by atoms with Crippen molar-refractivity contribution in [3.8, 4) is 0 Å². The molecule has 0 heteroatoms. The van der Waals surface area contributed by atoms with Crippen molar-refractivity contribution in [1.82, 2.24) is 0 Å². The second-order valence-corrected chi connectivity index (χ2v) is 8.99. The minimum absolute atomic E-state index is 0.790. The van der Waals surface area contributed by atoms with Gasteiger partial charge in [-0.1, -0.05) is 148 Å². The van der Waals surface area contributed by atoms with Gasteiger partial charge >= 0.3 is 0 Å². The molecule has 27 heavy (non-hydrogen) atoms. The van der Waals surface area contributed by atoms with E-state index in [-0.39, 0.29) is 0 Å². The summed E-state index contributed by atoms with van der Waals surface area (Å²) in [7, 11) is 0. The predicted molar refractivity (Wildman–Crippen MR) is 127 cm³/mol. The lowest BCUT2D eigenvalue weighted by Crippen LogP contribution is -1.90. The van der Waals surface area contributed by atoms with Gasteiger partial charge in [0.05, 0.1) is 0 Å². The standard InChI is InChI=1S/C27H54/c1-4-6-8-10-12-13-14-15-16-17-18-20-22-24-26-27(3)25-23-21-19-11-9-7-5-2/h24,26-27H,4-23,25H2,1-3H3/b26-24+. The second kappa shape index (κ2) is 23.8. The highest BCUT2D eigenvalue weighted by Gasteiger charge is 1.98. The molecule has 0 saturated heterocycles. The van der Waals surface area contributed by atoms with Crippen molar-refractivity contribution < 1.29 is 0 Å². The summed E-state index contributed by atoms with van der Waals surface area (Å²) >= 11 is 0. The summed E-state index contributed by atoms with van der Waals surface area (Å²) in [5.41, 5.74) is 0. The zero-order valence-electron chi connectivity index (χ0n) is 19.6. The van der Waals surface area contributed by atoms with Crippen LogP contribution in [0, 0.1) is 5.92 Å². The molecule has 0 fully saturated rings. The first-order valence-corrected chi connectivity index (χ1v) is 13.0. The van der Waals surface area contributed by atoms with Gasteiger partial charge in [-0.2, -0.15) is 0 Å². The SMILES string of the molecule is CCCCCCCCCCCCCC/C=C/C(C)CCCCCCCCC. The quantitative estimate of drug-likeness (QED) is 0.130. The molecule has 1 atom stereocenters. The third-order valence-corrected chi connectivity index (χ3v) is 5.95. The van der Waals surface area contributed by atoms with Crippen LogP contribution in [0.4, 0.5) is 0 Å². The fourth-order valence-electron chi connectivity index (χ4n) is 3.95. The van der Waals surface area contributed by atoms with Gasteiger partial charge in [0.25, 0.3) is 0 Å². The number of rotatable bonds is 22. The van der Waals surface area contributed by atoms with Crippen molar-refractivity contribution in [3.63, 3.8) is 0 Å². The highest BCUT2D eigenvalue weighted by atomic mass is 14.0. The Bertz CT molecular complexity index is 278.